The molecule has 4 heteroatoms. The molecule has 0 saturated carbocycles. The molecule has 0 heterocycles. The van der Waals surface area contributed by atoms with Crippen LogP contribution in [-0.4, -0.2) is 19.8 Å². The van der Waals surface area contributed by atoms with Crippen molar-refractivity contribution >= 4 is 31.9 Å². The quantitative estimate of drug-likeness (QED) is 0.542. The Hall–Kier alpha value is -0.0600. The van der Waals surface area contributed by atoms with Gasteiger partial charge < -0.3 is 9.47 Å². The average molecular weight is 352 g/mol. The van der Waals surface area contributed by atoms with Crippen LogP contribution >= 0.6 is 31.9 Å². The normalized spacial score (nSPS) is 10.4. The summed E-state index contributed by atoms with van der Waals surface area (Å²) in [7, 11) is 0. The molecule has 1 rings (SSSR count). The van der Waals surface area contributed by atoms with Crippen molar-refractivity contribution in [3.8, 4) is 5.75 Å². The van der Waals surface area contributed by atoms with Crippen LogP contribution in [0.25, 0.3) is 0 Å². The predicted molar refractivity (Wildman–Crippen MR) is 73.4 cm³/mol. The SMILES string of the molecule is CCCOCCOc1ccc(Br)c(CBr)c1. The lowest BCUT2D eigenvalue weighted by Crippen LogP contribution is -2.07. The molecule has 0 unspecified atom stereocenters. The zero-order valence-electron chi connectivity index (χ0n) is 9.34. The van der Waals surface area contributed by atoms with Gasteiger partial charge >= 0.3 is 0 Å². The van der Waals surface area contributed by atoms with E-state index in [4.69, 9.17) is 9.47 Å². The van der Waals surface area contributed by atoms with Gasteiger partial charge in [-0.05, 0) is 30.2 Å². The maximum Gasteiger partial charge on any atom is 0.119 e. The zero-order valence-corrected chi connectivity index (χ0v) is 12.5. The van der Waals surface area contributed by atoms with Crippen LogP contribution < -0.4 is 4.74 Å². The molecule has 0 aliphatic heterocycles. The highest BCUT2D eigenvalue weighted by atomic mass is 79.9. The van der Waals surface area contributed by atoms with E-state index in [-0.39, 0.29) is 0 Å². The second-order valence-electron chi connectivity index (χ2n) is 3.35. The summed E-state index contributed by atoms with van der Waals surface area (Å²) in [5.74, 6) is 0.887. The van der Waals surface area contributed by atoms with Crippen LogP contribution in [0.1, 0.15) is 18.9 Å². The van der Waals surface area contributed by atoms with Gasteiger partial charge in [0, 0.05) is 16.4 Å². The van der Waals surface area contributed by atoms with E-state index >= 15 is 0 Å². The molecule has 0 atom stereocenters. The van der Waals surface area contributed by atoms with Gasteiger partial charge in [-0.1, -0.05) is 38.8 Å². The molecular formula is C12H16Br2O2. The number of hydrogen-bond acceptors (Lipinski definition) is 2. The van der Waals surface area contributed by atoms with E-state index in [1.54, 1.807) is 0 Å². The van der Waals surface area contributed by atoms with Crippen molar-refractivity contribution in [2.24, 2.45) is 0 Å². The fraction of sp³-hybridized carbons (Fsp3) is 0.500. The minimum Gasteiger partial charge on any atom is -0.491 e. The largest absolute Gasteiger partial charge is 0.491 e. The van der Waals surface area contributed by atoms with Gasteiger partial charge in [0.1, 0.15) is 12.4 Å². The lowest BCUT2D eigenvalue weighted by molar-refractivity contribution is 0.101. The Labute approximate surface area is 114 Å². The Morgan fingerprint density at radius 3 is 2.69 bits per heavy atom. The fourth-order valence-electron chi connectivity index (χ4n) is 1.21. The van der Waals surface area contributed by atoms with Gasteiger partial charge in [0.2, 0.25) is 0 Å². The van der Waals surface area contributed by atoms with Crippen LogP contribution in [0.4, 0.5) is 0 Å². The van der Waals surface area contributed by atoms with Crippen molar-refractivity contribution in [1.82, 2.24) is 0 Å². The highest BCUT2D eigenvalue weighted by molar-refractivity contribution is 9.10. The van der Waals surface area contributed by atoms with Gasteiger partial charge in [-0.2, -0.15) is 0 Å². The van der Waals surface area contributed by atoms with E-state index in [1.807, 2.05) is 18.2 Å². The number of alkyl halides is 1. The second kappa shape index (κ2) is 8.09. The molecule has 1 aromatic rings. The molecule has 0 fully saturated rings. The molecular weight excluding hydrogens is 336 g/mol. The molecule has 0 amide bonds. The van der Waals surface area contributed by atoms with E-state index in [0.717, 1.165) is 28.6 Å². The fourth-order valence-corrected chi connectivity index (χ4v) is 2.44. The number of rotatable bonds is 7. The van der Waals surface area contributed by atoms with E-state index in [2.05, 4.69) is 38.8 Å². The van der Waals surface area contributed by atoms with E-state index in [0.29, 0.717) is 13.2 Å². The van der Waals surface area contributed by atoms with Crippen molar-refractivity contribution in [2.75, 3.05) is 19.8 Å². The minimum atomic E-state index is 0.601. The highest BCUT2D eigenvalue weighted by Crippen LogP contribution is 2.24. The summed E-state index contributed by atoms with van der Waals surface area (Å²) in [6, 6.07) is 5.98. The van der Waals surface area contributed by atoms with Gasteiger partial charge in [0.25, 0.3) is 0 Å². The summed E-state index contributed by atoms with van der Waals surface area (Å²) in [5.41, 5.74) is 1.19. The molecule has 0 bridgehead atoms. The Morgan fingerprint density at radius 2 is 2.00 bits per heavy atom. The van der Waals surface area contributed by atoms with Crippen molar-refractivity contribution in [3.05, 3.63) is 28.2 Å². The van der Waals surface area contributed by atoms with Crippen molar-refractivity contribution in [3.63, 3.8) is 0 Å². The number of benzene rings is 1. The first-order valence-corrected chi connectivity index (χ1v) is 7.24. The molecule has 0 aliphatic carbocycles. The van der Waals surface area contributed by atoms with E-state index < -0.39 is 0 Å². The highest BCUT2D eigenvalue weighted by Gasteiger charge is 2.01. The molecule has 0 spiro atoms. The van der Waals surface area contributed by atoms with Crippen molar-refractivity contribution in [2.45, 2.75) is 18.7 Å². The number of ether oxygens (including phenoxy) is 2. The first-order chi connectivity index (χ1) is 7.77. The lowest BCUT2D eigenvalue weighted by atomic mass is 10.2. The monoisotopic (exact) mass is 350 g/mol. The Kier molecular flexibility index (Phi) is 7.08. The smallest absolute Gasteiger partial charge is 0.119 e. The first-order valence-electron chi connectivity index (χ1n) is 5.33. The average Bonchev–Trinajstić information content (AvgIpc) is 2.31. The third-order valence-corrected chi connectivity index (χ3v) is 3.38. The molecule has 2 nitrogen and oxygen atoms in total. The first kappa shape index (κ1) is 14.0. The van der Waals surface area contributed by atoms with E-state index in [9.17, 15) is 0 Å². The summed E-state index contributed by atoms with van der Waals surface area (Å²) in [4.78, 5) is 0. The molecule has 0 aromatic heterocycles. The van der Waals surface area contributed by atoms with Crippen molar-refractivity contribution in [1.29, 1.82) is 0 Å². The molecule has 90 valence electrons. The topological polar surface area (TPSA) is 18.5 Å². The van der Waals surface area contributed by atoms with Crippen LogP contribution in [0.2, 0.25) is 0 Å². The van der Waals surface area contributed by atoms with Gasteiger partial charge in [-0.3, -0.25) is 0 Å². The third-order valence-electron chi connectivity index (χ3n) is 2.01. The summed E-state index contributed by atoms with van der Waals surface area (Å²) in [5, 5.41) is 0.817. The Balaban J connectivity index is 2.36. The summed E-state index contributed by atoms with van der Waals surface area (Å²) in [6.45, 7) is 4.14. The van der Waals surface area contributed by atoms with Crippen molar-refractivity contribution < 1.29 is 9.47 Å². The van der Waals surface area contributed by atoms with Crippen LogP contribution in [0, 0.1) is 0 Å². The number of halogens is 2. The molecule has 0 aliphatic rings. The molecule has 0 N–H and O–H groups in total. The maximum atomic E-state index is 5.58. The maximum absolute atomic E-state index is 5.58. The number of hydrogen-bond donors (Lipinski definition) is 0. The lowest BCUT2D eigenvalue weighted by Gasteiger charge is -2.08. The van der Waals surface area contributed by atoms with E-state index in [1.165, 1.54) is 5.56 Å². The van der Waals surface area contributed by atoms with Gasteiger partial charge in [0.15, 0.2) is 0 Å². The van der Waals surface area contributed by atoms with Gasteiger partial charge in [-0.25, -0.2) is 0 Å². The predicted octanol–water partition coefficient (Wildman–Crippen LogP) is 4.15. The van der Waals surface area contributed by atoms with Gasteiger partial charge in [0.05, 0.1) is 6.61 Å². The molecule has 1 aromatic carbocycles. The Morgan fingerprint density at radius 1 is 1.19 bits per heavy atom. The summed E-state index contributed by atoms with van der Waals surface area (Å²) in [6.07, 6.45) is 1.05. The summed E-state index contributed by atoms with van der Waals surface area (Å²) < 4.78 is 12.0. The van der Waals surface area contributed by atoms with Crippen LogP contribution in [-0.2, 0) is 10.1 Å². The molecule has 16 heavy (non-hydrogen) atoms. The zero-order chi connectivity index (χ0) is 11.8. The second-order valence-corrected chi connectivity index (χ2v) is 4.76. The standard InChI is InChI=1S/C12H16Br2O2/c1-2-5-15-6-7-16-11-3-4-12(14)10(8-11)9-13/h3-4,8H,2,5-7,9H2,1H3. The molecule has 0 radical (unpaired) electrons. The minimum absolute atomic E-state index is 0.601. The van der Waals surface area contributed by atoms with Crippen LogP contribution in [0.3, 0.4) is 0 Å². The third kappa shape index (κ3) is 4.85. The van der Waals surface area contributed by atoms with Crippen LogP contribution in [0.15, 0.2) is 22.7 Å². The molecule has 0 saturated heterocycles. The summed E-state index contributed by atoms with van der Waals surface area (Å²) >= 11 is 6.92. The van der Waals surface area contributed by atoms with Gasteiger partial charge in [-0.15, -0.1) is 0 Å². The van der Waals surface area contributed by atoms with Crippen LogP contribution in [0.5, 0.6) is 5.75 Å². The Bertz CT molecular complexity index is 316.